The normalized spacial score (nSPS) is 21.2. The summed E-state index contributed by atoms with van der Waals surface area (Å²) in [5.41, 5.74) is 2.34. The van der Waals surface area contributed by atoms with Crippen molar-refractivity contribution in [2.45, 2.75) is 46.1 Å². The second-order valence-electron chi connectivity index (χ2n) is 9.22. The fourth-order valence-electron chi connectivity index (χ4n) is 4.82. The average Bonchev–Trinajstić information content (AvgIpc) is 3.46. The van der Waals surface area contributed by atoms with Gasteiger partial charge in [-0.05, 0) is 70.0 Å². The lowest BCUT2D eigenvalue weighted by Gasteiger charge is -2.32. The Morgan fingerprint density at radius 2 is 1.97 bits per heavy atom. The Morgan fingerprint density at radius 1 is 1.19 bits per heavy atom. The van der Waals surface area contributed by atoms with Crippen molar-refractivity contribution < 1.29 is 4.42 Å². The smallest absolute Gasteiger partial charge is 0.208 e. The first kappa shape index (κ1) is 21.9. The molecule has 4 rings (SSSR count). The summed E-state index contributed by atoms with van der Waals surface area (Å²) in [5, 5.41) is 7.95. The molecule has 8 heteroatoms. The quantitative estimate of drug-likeness (QED) is 0.564. The summed E-state index contributed by atoms with van der Waals surface area (Å²) in [6, 6.07) is 0. The number of hydrogen-bond donors (Lipinski definition) is 1. The highest BCUT2D eigenvalue weighted by atomic mass is 16.4. The largest absolute Gasteiger partial charge is 0.444 e. The number of aryl methyl sites for hydroxylation is 3. The molecule has 2 aliphatic rings. The monoisotopic (exact) mass is 427 g/mol. The van der Waals surface area contributed by atoms with Gasteiger partial charge in [0.2, 0.25) is 5.89 Å². The minimum absolute atomic E-state index is 0.675. The molecule has 0 aromatic carbocycles. The van der Waals surface area contributed by atoms with Crippen LogP contribution >= 0.6 is 0 Å². The number of rotatable bonds is 6. The molecule has 170 valence electrons. The van der Waals surface area contributed by atoms with Gasteiger partial charge in [-0.1, -0.05) is 0 Å². The highest BCUT2D eigenvalue weighted by molar-refractivity contribution is 5.80. The number of oxazole rings is 1. The van der Waals surface area contributed by atoms with E-state index in [0.717, 1.165) is 69.0 Å². The third-order valence-corrected chi connectivity index (χ3v) is 6.77. The molecule has 1 atom stereocenters. The number of guanidine groups is 1. The van der Waals surface area contributed by atoms with Gasteiger partial charge < -0.3 is 14.6 Å². The molecule has 0 bridgehead atoms. The fraction of sp³-hybridized carbons (Fsp3) is 0.696. The summed E-state index contributed by atoms with van der Waals surface area (Å²) in [5.74, 6) is 4.21. The maximum absolute atomic E-state index is 5.75. The van der Waals surface area contributed by atoms with Gasteiger partial charge in [0.25, 0.3) is 0 Å². The third-order valence-electron chi connectivity index (χ3n) is 6.77. The lowest BCUT2D eigenvalue weighted by molar-refractivity contribution is 0.163. The standard InChI is InChI=1S/C23H37N7O/c1-17-18(2)31-22(27-17)16-29-8-5-19(6-9-29)12-25-23(24-3)30-10-7-20(15-30)11-21-13-26-28(4)14-21/h13-14,19-20H,5-12,15-16H2,1-4H3,(H,24,25). The van der Waals surface area contributed by atoms with E-state index in [0.29, 0.717) is 11.8 Å². The first-order chi connectivity index (χ1) is 15.0. The van der Waals surface area contributed by atoms with Gasteiger partial charge in [0, 0.05) is 39.9 Å². The summed E-state index contributed by atoms with van der Waals surface area (Å²) in [4.78, 5) is 14.0. The van der Waals surface area contributed by atoms with Gasteiger partial charge in [0.15, 0.2) is 5.96 Å². The molecule has 2 aromatic rings. The lowest BCUT2D eigenvalue weighted by atomic mass is 9.97. The van der Waals surface area contributed by atoms with Gasteiger partial charge in [-0.3, -0.25) is 14.6 Å². The van der Waals surface area contributed by atoms with Gasteiger partial charge in [-0.15, -0.1) is 0 Å². The van der Waals surface area contributed by atoms with E-state index in [2.05, 4.69) is 36.4 Å². The number of nitrogens with zero attached hydrogens (tertiary/aromatic N) is 6. The lowest BCUT2D eigenvalue weighted by Crippen LogP contribution is -2.44. The number of likely N-dealkylation sites (tertiary alicyclic amines) is 2. The van der Waals surface area contributed by atoms with Crippen LogP contribution in [0.4, 0.5) is 0 Å². The van der Waals surface area contributed by atoms with E-state index in [4.69, 9.17) is 4.42 Å². The van der Waals surface area contributed by atoms with Gasteiger partial charge in [-0.2, -0.15) is 5.10 Å². The zero-order valence-electron chi connectivity index (χ0n) is 19.5. The number of aliphatic imine (C=N–C) groups is 1. The van der Waals surface area contributed by atoms with Crippen LogP contribution in [0.25, 0.3) is 0 Å². The predicted molar refractivity (Wildman–Crippen MR) is 122 cm³/mol. The minimum Gasteiger partial charge on any atom is -0.444 e. The average molecular weight is 428 g/mol. The molecule has 0 amide bonds. The molecule has 2 aliphatic heterocycles. The van der Waals surface area contributed by atoms with Crippen LogP contribution in [0.5, 0.6) is 0 Å². The van der Waals surface area contributed by atoms with Gasteiger partial charge in [0.05, 0.1) is 18.4 Å². The van der Waals surface area contributed by atoms with Crippen LogP contribution in [-0.2, 0) is 20.0 Å². The van der Waals surface area contributed by atoms with Crippen LogP contribution < -0.4 is 5.32 Å². The molecule has 8 nitrogen and oxygen atoms in total. The van der Waals surface area contributed by atoms with Crippen molar-refractivity contribution in [2.24, 2.45) is 23.9 Å². The molecule has 0 spiro atoms. The molecule has 0 radical (unpaired) electrons. The van der Waals surface area contributed by atoms with Crippen molar-refractivity contribution in [2.75, 3.05) is 39.8 Å². The minimum atomic E-state index is 0.675. The molecular formula is C23H37N7O. The van der Waals surface area contributed by atoms with Crippen molar-refractivity contribution in [3.05, 3.63) is 35.3 Å². The molecule has 2 saturated heterocycles. The van der Waals surface area contributed by atoms with E-state index in [9.17, 15) is 0 Å². The zero-order chi connectivity index (χ0) is 21.8. The summed E-state index contributed by atoms with van der Waals surface area (Å²) >= 11 is 0. The Labute approximate surface area is 185 Å². The molecular weight excluding hydrogens is 390 g/mol. The Morgan fingerprint density at radius 3 is 2.61 bits per heavy atom. The first-order valence-electron chi connectivity index (χ1n) is 11.6. The topological polar surface area (TPSA) is 74.7 Å². The van der Waals surface area contributed by atoms with E-state index in [1.165, 1.54) is 24.8 Å². The summed E-state index contributed by atoms with van der Waals surface area (Å²) in [6.07, 6.45) is 8.84. The van der Waals surface area contributed by atoms with Gasteiger partial charge >= 0.3 is 0 Å². The van der Waals surface area contributed by atoms with Crippen LogP contribution in [0.3, 0.4) is 0 Å². The van der Waals surface area contributed by atoms with Crippen molar-refractivity contribution in [1.82, 2.24) is 29.9 Å². The number of piperidine rings is 1. The van der Waals surface area contributed by atoms with E-state index >= 15 is 0 Å². The molecule has 2 fully saturated rings. The molecule has 0 aliphatic carbocycles. The van der Waals surface area contributed by atoms with Crippen molar-refractivity contribution >= 4 is 5.96 Å². The predicted octanol–water partition coefficient (Wildman–Crippen LogP) is 2.38. The van der Waals surface area contributed by atoms with E-state index < -0.39 is 0 Å². The summed E-state index contributed by atoms with van der Waals surface area (Å²) in [6.45, 7) is 10.2. The molecule has 4 heterocycles. The van der Waals surface area contributed by atoms with Crippen LogP contribution in [0.2, 0.25) is 0 Å². The maximum atomic E-state index is 5.75. The molecule has 31 heavy (non-hydrogen) atoms. The van der Waals surface area contributed by atoms with Crippen LogP contribution in [0, 0.1) is 25.7 Å². The molecule has 1 N–H and O–H groups in total. The molecule has 2 aromatic heterocycles. The Hall–Kier alpha value is -2.35. The molecule has 0 saturated carbocycles. The Bertz CT molecular complexity index is 859. The SMILES string of the molecule is CN=C(NCC1CCN(Cc2nc(C)c(C)o2)CC1)N1CCC(Cc2cnn(C)c2)C1. The van der Waals surface area contributed by atoms with Crippen LogP contribution in [0.1, 0.15) is 42.2 Å². The second kappa shape index (κ2) is 9.85. The zero-order valence-corrected chi connectivity index (χ0v) is 19.5. The Balaban J connectivity index is 1.18. The third kappa shape index (κ3) is 5.67. The molecule has 1 unspecified atom stereocenters. The van der Waals surface area contributed by atoms with Crippen molar-refractivity contribution in [1.29, 1.82) is 0 Å². The Kier molecular flexibility index (Phi) is 6.95. The van der Waals surface area contributed by atoms with Crippen molar-refractivity contribution in [3.8, 4) is 0 Å². The van der Waals surface area contributed by atoms with E-state index in [1.54, 1.807) is 0 Å². The summed E-state index contributed by atoms with van der Waals surface area (Å²) < 4.78 is 7.64. The number of nitrogens with one attached hydrogen (secondary N) is 1. The highest BCUT2D eigenvalue weighted by Gasteiger charge is 2.26. The maximum Gasteiger partial charge on any atom is 0.208 e. The summed E-state index contributed by atoms with van der Waals surface area (Å²) in [7, 11) is 3.89. The van der Waals surface area contributed by atoms with E-state index in [-0.39, 0.29) is 0 Å². The number of hydrogen-bond acceptors (Lipinski definition) is 5. The fourth-order valence-corrected chi connectivity index (χ4v) is 4.82. The number of aromatic nitrogens is 3. The van der Waals surface area contributed by atoms with E-state index in [1.807, 2.05) is 38.8 Å². The van der Waals surface area contributed by atoms with Crippen LogP contribution in [0.15, 0.2) is 21.8 Å². The van der Waals surface area contributed by atoms with Crippen molar-refractivity contribution in [3.63, 3.8) is 0 Å². The first-order valence-corrected chi connectivity index (χ1v) is 11.6. The second-order valence-corrected chi connectivity index (χ2v) is 9.22. The highest BCUT2D eigenvalue weighted by Crippen LogP contribution is 2.22. The van der Waals surface area contributed by atoms with Crippen LogP contribution in [-0.4, -0.2) is 70.3 Å². The van der Waals surface area contributed by atoms with Gasteiger partial charge in [0.1, 0.15) is 5.76 Å². The van der Waals surface area contributed by atoms with Gasteiger partial charge in [-0.25, -0.2) is 4.98 Å².